The van der Waals surface area contributed by atoms with Gasteiger partial charge in [0.15, 0.2) is 22.5 Å². The van der Waals surface area contributed by atoms with E-state index in [-0.39, 0.29) is 17.3 Å². The van der Waals surface area contributed by atoms with Crippen LogP contribution < -0.4 is 19.5 Å². The number of aromatic nitrogens is 3. The maximum absolute atomic E-state index is 13.7. The Balaban J connectivity index is 1.51. The lowest BCUT2D eigenvalue weighted by molar-refractivity contribution is -0.113. The van der Waals surface area contributed by atoms with E-state index in [1.54, 1.807) is 36.9 Å². The number of hydrogen-bond donors (Lipinski definition) is 1. The molecule has 31 heavy (non-hydrogen) atoms. The van der Waals surface area contributed by atoms with Crippen LogP contribution >= 0.6 is 11.8 Å². The van der Waals surface area contributed by atoms with Crippen LogP contribution in [0.1, 0.15) is 6.42 Å². The van der Waals surface area contributed by atoms with Crippen molar-refractivity contribution in [3.05, 3.63) is 42.2 Å². The third kappa shape index (κ3) is 4.58. The van der Waals surface area contributed by atoms with Crippen LogP contribution in [0.15, 0.2) is 41.6 Å². The van der Waals surface area contributed by atoms with Crippen LogP contribution in [0.3, 0.4) is 0 Å². The minimum atomic E-state index is -0.483. The molecule has 0 bridgehead atoms. The fourth-order valence-corrected chi connectivity index (χ4v) is 3.80. The number of fused-ring (bicyclic) bond motifs is 1. The number of methoxy groups -OCH3 is 1. The number of ether oxygens (including phenoxy) is 3. The molecule has 0 atom stereocenters. The number of halogens is 1. The molecule has 0 saturated heterocycles. The number of para-hydroxylation sites is 1. The number of carbonyl (C=O) groups excluding carboxylic acids is 1. The van der Waals surface area contributed by atoms with Gasteiger partial charge in [-0.3, -0.25) is 4.79 Å². The molecule has 0 unspecified atom stereocenters. The van der Waals surface area contributed by atoms with Crippen molar-refractivity contribution in [3.8, 4) is 28.6 Å². The summed E-state index contributed by atoms with van der Waals surface area (Å²) in [5.74, 6) is 1.61. The van der Waals surface area contributed by atoms with Crippen molar-refractivity contribution >= 4 is 23.4 Å². The molecular formula is C21H21FN4O4S. The van der Waals surface area contributed by atoms with Crippen LogP contribution in [0, 0.1) is 5.82 Å². The summed E-state index contributed by atoms with van der Waals surface area (Å²) >= 11 is 1.20. The van der Waals surface area contributed by atoms with Gasteiger partial charge < -0.3 is 24.1 Å². The number of hydrogen-bond acceptors (Lipinski definition) is 7. The summed E-state index contributed by atoms with van der Waals surface area (Å²) in [5, 5.41) is 11.5. The Kier molecular flexibility index (Phi) is 6.26. The lowest BCUT2D eigenvalue weighted by Gasteiger charge is -2.13. The van der Waals surface area contributed by atoms with Crippen LogP contribution in [-0.4, -0.2) is 46.7 Å². The lowest BCUT2D eigenvalue weighted by Crippen LogP contribution is -2.15. The Morgan fingerprint density at radius 3 is 2.71 bits per heavy atom. The molecule has 2 heterocycles. The van der Waals surface area contributed by atoms with E-state index in [2.05, 4.69) is 15.5 Å². The zero-order chi connectivity index (χ0) is 21.8. The van der Waals surface area contributed by atoms with Crippen molar-refractivity contribution in [2.24, 2.45) is 7.05 Å². The number of nitrogens with one attached hydrogen (secondary N) is 1. The molecule has 0 aliphatic carbocycles. The van der Waals surface area contributed by atoms with Gasteiger partial charge in [0.05, 0.1) is 37.3 Å². The second-order valence-corrected chi connectivity index (χ2v) is 7.67. The van der Waals surface area contributed by atoms with Crippen LogP contribution in [0.25, 0.3) is 11.4 Å². The van der Waals surface area contributed by atoms with E-state index in [4.69, 9.17) is 14.2 Å². The minimum Gasteiger partial charge on any atom is -0.496 e. The van der Waals surface area contributed by atoms with E-state index in [9.17, 15) is 9.18 Å². The summed E-state index contributed by atoms with van der Waals surface area (Å²) in [7, 11) is 3.37. The maximum atomic E-state index is 13.7. The molecule has 1 aromatic heterocycles. The van der Waals surface area contributed by atoms with Crippen molar-refractivity contribution in [2.45, 2.75) is 11.6 Å². The highest BCUT2D eigenvalue weighted by Crippen LogP contribution is 2.41. The summed E-state index contributed by atoms with van der Waals surface area (Å²) < 4.78 is 32.5. The molecule has 4 rings (SSSR count). The first-order valence-electron chi connectivity index (χ1n) is 9.61. The molecule has 1 aliphatic rings. The van der Waals surface area contributed by atoms with E-state index in [0.717, 1.165) is 6.42 Å². The largest absolute Gasteiger partial charge is 0.496 e. The fraction of sp³-hybridized carbons (Fsp3) is 0.286. The molecule has 1 N–H and O–H groups in total. The molecule has 3 aromatic rings. The molecule has 10 heteroatoms. The van der Waals surface area contributed by atoms with Crippen molar-refractivity contribution in [2.75, 3.05) is 31.4 Å². The number of benzene rings is 2. The third-order valence-corrected chi connectivity index (χ3v) is 5.65. The van der Waals surface area contributed by atoms with E-state index < -0.39 is 5.82 Å². The summed E-state index contributed by atoms with van der Waals surface area (Å²) in [5.41, 5.74) is 0.841. The molecule has 0 saturated carbocycles. The molecule has 1 aliphatic heterocycles. The third-order valence-electron chi connectivity index (χ3n) is 4.63. The predicted molar refractivity (Wildman–Crippen MR) is 114 cm³/mol. The number of nitrogens with zero attached hydrogens (tertiary/aromatic N) is 3. The van der Waals surface area contributed by atoms with Gasteiger partial charge in [-0.2, -0.15) is 0 Å². The highest BCUT2D eigenvalue weighted by Gasteiger charge is 2.21. The Morgan fingerprint density at radius 1 is 1.23 bits per heavy atom. The van der Waals surface area contributed by atoms with Crippen molar-refractivity contribution in [1.82, 2.24) is 14.8 Å². The van der Waals surface area contributed by atoms with Gasteiger partial charge in [0, 0.05) is 19.5 Å². The minimum absolute atomic E-state index is 0.0541. The predicted octanol–water partition coefficient (Wildman–Crippen LogP) is 3.52. The van der Waals surface area contributed by atoms with E-state index in [1.807, 2.05) is 6.07 Å². The first kappa shape index (κ1) is 21.0. The average Bonchev–Trinajstić information content (AvgIpc) is 2.98. The Morgan fingerprint density at radius 2 is 1.97 bits per heavy atom. The van der Waals surface area contributed by atoms with Gasteiger partial charge in [-0.1, -0.05) is 23.9 Å². The van der Waals surface area contributed by atoms with Gasteiger partial charge in [0.2, 0.25) is 5.91 Å². The summed E-state index contributed by atoms with van der Waals surface area (Å²) in [6.07, 6.45) is 0.798. The van der Waals surface area contributed by atoms with Crippen LogP contribution in [-0.2, 0) is 11.8 Å². The summed E-state index contributed by atoms with van der Waals surface area (Å²) in [6, 6.07) is 9.62. The molecule has 2 aromatic carbocycles. The highest BCUT2D eigenvalue weighted by atomic mass is 32.2. The zero-order valence-electron chi connectivity index (χ0n) is 17.1. The summed E-state index contributed by atoms with van der Waals surface area (Å²) in [4.78, 5) is 12.2. The summed E-state index contributed by atoms with van der Waals surface area (Å²) in [6.45, 7) is 1.14. The number of thioether (sulfide) groups is 1. The second kappa shape index (κ2) is 9.25. The van der Waals surface area contributed by atoms with E-state index >= 15 is 0 Å². The van der Waals surface area contributed by atoms with Crippen LogP contribution in [0.4, 0.5) is 10.1 Å². The number of anilines is 1. The first-order chi connectivity index (χ1) is 15.1. The SMILES string of the molecule is COc1cc2c(cc1-c1nnc(SCC(=O)Nc3ccccc3F)n1C)OCCCO2. The molecule has 0 spiro atoms. The quantitative estimate of drug-likeness (QED) is 0.582. The van der Waals surface area contributed by atoms with Crippen molar-refractivity contribution in [1.29, 1.82) is 0 Å². The highest BCUT2D eigenvalue weighted by molar-refractivity contribution is 7.99. The Bertz CT molecular complexity index is 1100. The first-order valence-corrected chi connectivity index (χ1v) is 10.6. The molecule has 1 amide bonds. The fourth-order valence-electron chi connectivity index (χ4n) is 3.09. The van der Waals surface area contributed by atoms with Crippen LogP contribution in [0.5, 0.6) is 17.2 Å². The Labute approximate surface area is 182 Å². The van der Waals surface area contributed by atoms with Gasteiger partial charge in [0.1, 0.15) is 11.6 Å². The maximum Gasteiger partial charge on any atom is 0.234 e. The van der Waals surface area contributed by atoms with Crippen molar-refractivity contribution < 1.29 is 23.4 Å². The molecule has 162 valence electrons. The van der Waals surface area contributed by atoms with Crippen LogP contribution in [0.2, 0.25) is 0 Å². The van der Waals surface area contributed by atoms with Crippen molar-refractivity contribution in [3.63, 3.8) is 0 Å². The normalized spacial score (nSPS) is 12.9. The zero-order valence-corrected chi connectivity index (χ0v) is 17.9. The lowest BCUT2D eigenvalue weighted by atomic mass is 10.1. The van der Waals surface area contributed by atoms with Gasteiger partial charge >= 0.3 is 0 Å². The van der Waals surface area contributed by atoms with Gasteiger partial charge in [0.25, 0.3) is 0 Å². The number of rotatable bonds is 6. The van der Waals surface area contributed by atoms with E-state index in [0.29, 0.717) is 47.0 Å². The second-order valence-electron chi connectivity index (χ2n) is 6.73. The molecule has 8 nitrogen and oxygen atoms in total. The van der Waals surface area contributed by atoms with Gasteiger partial charge in [-0.05, 0) is 18.2 Å². The monoisotopic (exact) mass is 444 g/mol. The Hall–Kier alpha value is -3.27. The van der Waals surface area contributed by atoms with E-state index in [1.165, 1.54) is 23.9 Å². The standard InChI is InChI=1S/C21H21FN4O4S/c1-26-20(13-10-17-18(11-16(13)28-2)30-9-5-8-29-17)24-25-21(26)31-12-19(27)23-15-7-4-3-6-14(15)22/h3-4,6-7,10-11H,5,8-9,12H2,1-2H3,(H,23,27). The molecule has 0 fully saturated rings. The van der Waals surface area contributed by atoms with Gasteiger partial charge in [-0.25, -0.2) is 4.39 Å². The molecule has 0 radical (unpaired) electrons. The number of amides is 1. The molecular weight excluding hydrogens is 423 g/mol. The smallest absolute Gasteiger partial charge is 0.234 e. The van der Waals surface area contributed by atoms with Gasteiger partial charge in [-0.15, -0.1) is 10.2 Å². The topological polar surface area (TPSA) is 87.5 Å². The average molecular weight is 444 g/mol. The number of carbonyl (C=O) groups is 1.